The maximum Gasteiger partial charge on any atom is 0.328 e. The lowest BCUT2D eigenvalue weighted by Crippen LogP contribution is -2.41. The Bertz CT molecular complexity index is 468. The third-order valence-corrected chi connectivity index (χ3v) is 3.67. The summed E-state index contributed by atoms with van der Waals surface area (Å²) in [5.41, 5.74) is 0.552. The highest BCUT2D eigenvalue weighted by atomic mass is 16.2. The van der Waals surface area contributed by atoms with Gasteiger partial charge in [-0.25, -0.2) is 4.79 Å². The summed E-state index contributed by atoms with van der Waals surface area (Å²) in [4.78, 5) is 25.5. The second kappa shape index (κ2) is 4.44. The van der Waals surface area contributed by atoms with E-state index in [1.807, 2.05) is 51.1 Å². The summed E-state index contributed by atoms with van der Waals surface area (Å²) in [7, 11) is 0. The molecule has 1 saturated heterocycles. The minimum Gasteiger partial charge on any atom is -0.294 e. The molecular formula is C14H18N2O2. The van der Waals surface area contributed by atoms with Crippen LogP contribution in [0.4, 0.5) is 10.5 Å². The molecule has 4 nitrogen and oxygen atoms in total. The van der Waals surface area contributed by atoms with Crippen LogP contribution in [0.15, 0.2) is 30.3 Å². The molecule has 1 aliphatic rings. The van der Waals surface area contributed by atoms with Crippen LogP contribution in [0, 0.1) is 11.3 Å². The lowest BCUT2D eigenvalue weighted by molar-refractivity contribution is -0.125. The molecule has 1 aromatic carbocycles. The van der Waals surface area contributed by atoms with Gasteiger partial charge in [0.05, 0.1) is 0 Å². The van der Waals surface area contributed by atoms with Crippen LogP contribution in [0.5, 0.6) is 0 Å². The monoisotopic (exact) mass is 246 g/mol. The van der Waals surface area contributed by atoms with Gasteiger partial charge in [-0.05, 0) is 17.5 Å². The zero-order valence-electron chi connectivity index (χ0n) is 10.9. The number of amides is 3. The fraction of sp³-hybridized carbons (Fsp3) is 0.429. The van der Waals surface area contributed by atoms with Crippen LogP contribution in [0.3, 0.4) is 0 Å². The zero-order valence-corrected chi connectivity index (χ0v) is 10.9. The predicted molar refractivity (Wildman–Crippen MR) is 70.3 cm³/mol. The van der Waals surface area contributed by atoms with Crippen molar-refractivity contribution in [1.29, 1.82) is 0 Å². The fourth-order valence-electron chi connectivity index (χ4n) is 2.07. The molecule has 4 heteroatoms. The molecule has 2 rings (SSSR count). The molecule has 1 atom stereocenters. The quantitative estimate of drug-likeness (QED) is 0.827. The molecule has 0 spiro atoms. The predicted octanol–water partition coefficient (Wildman–Crippen LogP) is 2.41. The van der Waals surface area contributed by atoms with Crippen molar-refractivity contribution in [2.24, 2.45) is 11.3 Å². The molecule has 1 fully saturated rings. The molecule has 0 aromatic heterocycles. The first-order valence-electron chi connectivity index (χ1n) is 6.09. The van der Waals surface area contributed by atoms with Crippen LogP contribution < -0.4 is 10.2 Å². The normalized spacial score (nSPS) is 23.5. The summed E-state index contributed by atoms with van der Waals surface area (Å²) in [6, 6.07) is 9.06. The average molecular weight is 246 g/mol. The second-order valence-corrected chi connectivity index (χ2v) is 5.43. The van der Waals surface area contributed by atoms with Crippen LogP contribution in [0.25, 0.3) is 0 Å². The van der Waals surface area contributed by atoms with Gasteiger partial charge in [0, 0.05) is 18.2 Å². The van der Waals surface area contributed by atoms with Crippen molar-refractivity contribution < 1.29 is 9.59 Å². The maximum absolute atomic E-state index is 12.1. The Balaban J connectivity index is 2.37. The Morgan fingerprint density at radius 3 is 2.44 bits per heavy atom. The van der Waals surface area contributed by atoms with Gasteiger partial charge in [0.1, 0.15) is 0 Å². The summed E-state index contributed by atoms with van der Waals surface area (Å²) in [6.07, 6.45) is 0. The van der Waals surface area contributed by atoms with Crippen LogP contribution in [-0.4, -0.2) is 18.5 Å². The fourth-order valence-corrected chi connectivity index (χ4v) is 2.07. The van der Waals surface area contributed by atoms with Crippen molar-refractivity contribution in [3.8, 4) is 0 Å². The van der Waals surface area contributed by atoms with E-state index in [4.69, 9.17) is 0 Å². The lowest BCUT2D eigenvalue weighted by Gasteiger charge is -2.31. The van der Waals surface area contributed by atoms with Gasteiger partial charge in [0.2, 0.25) is 5.91 Å². The van der Waals surface area contributed by atoms with Crippen molar-refractivity contribution in [2.75, 3.05) is 11.4 Å². The molecule has 0 aliphatic carbocycles. The van der Waals surface area contributed by atoms with Gasteiger partial charge in [-0.15, -0.1) is 0 Å². The number of urea groups is 1. The van der Waals surface area contributed by atoms with E-state index in [1.54, 1.807) is 4.90 Å². The van der Waals surface area contributed by atoms with E-state index in [1.165, 1.54) is 0 Å². The summed E-state index contributed by atoms with van der Waals surface area (Å²) in [5.74, 6) is -0.404. The highest BCUT2D eigenvalue weighted by Crippen LogP contribution is 2.32. The summed E-state index contributed by atoms with van der Waals surface area (Å²) in [5, 5.41) is 2.44. The van der Waals surface area contributed by atoms with E-state index < -0.39 is 0 Å². The number of hydrogen-bond donors (Lipinski definition) is 1. The molecule has 1 heterocycles. The Labute approximate surface area is 107 Å². The smallest absolute Gasteiger partial charge is 0.294 e. The first-order chi connectivity index (χ1) is 8.42. The third kappa shape index (κ3) is 2.23. The van der Waals surface area contributed by atoms with Gasteiger partial charge in [0.15, 0.2) is 0 Å². The van der Waals surface area contributed by atoms with Crippen LogP contribution in [-0.2, 0) is 4.79 Å². The van der Waals surface area contributed by atoms with Gasteiger partial charge in [0.25, 0.3) is 0 Å². The third-order valence-electron chi connectivity index (χ3n) is 3.67. The number of benzene rings is 1. The van der Waals surface area contributed by atoms with Gasteiger partial charge < -0.3 is 0 Å². The minimum atomic E-state index is -0.344. The molecule has 1 aliphatic heterocycles. The molecule has 18 heavy (non-hydrogen) atoms. The number of nitrogens with zero attached hydrogens (tertiary/aromatic N) is 1. The van der Waals surface area contributed by atoms with Gasteiger partial charge in [-0.1, -0.05) is 39.0 Å². The minimum absolute atomic E-state index is 0.199. The zero-order chi connectivity index (χ0) is 13.3. The van der Waals surface area contributed by atoms with E-state index in [0.29, 0.717) is 6.54 Å². The van der Waals surface area contributed by atoms with Crippen LogP contribution in [0.2, 0.25) is 0 Å². The standard InChI is InChI=1S/C14H18N2O2/c1-10-12(17)15-13(18)16(9-14(10,2)3)11-7-5-4-6-8-11/h4-8,10H,9H2,1-3H3,(H,15,17,18). The number of carbonyl (C=O) groups is 2. The molecule has 1 N–H and O–H groups in total. The van der Waals surface area contributed by atoms with E-state index in [9.17, 15) is 9.59 Å². The Kier molecular flexibility index (Phi) is 3.11. The number of para-hydroxylation sites is 1. The summed E-state index contributed by atoms with van der Waals surface area (Å²) >= 11 is 0. The van der Waals surface area contributed by atoms with Crippen molar-refractivity contribution in [3.63, 3.8) is 0 Å². The Morgan fingerprint density at radius 1 is 1.22 bits per heavy atom. The van der Waals surface area contributed by atoms with Crippen molar-refractivity contribution in [2.45, 2.75) is 20.8 Å². The Morgan fingerprint density at radius 2 is 1.83 bits per heavy atom. The number of rotatable bonds is 1. The molecule has 96 valence electrons. The SMILES string of the molecule is CC1C(=O)NC(=O)N(c2ccccc2)CC1(C)C. The van der Waals surface area contributed by atoms with E-state index in [0.717, 1.165) is 5.69 Å². The van der Waals surface area contributed by atoms with Crippen molar-refractivity contribution in [1.82, 2.24) is 5.32 Å². The molecule has 1 aromatic rings. The first kappa shape index (κ1) is 12.6. The van der Waals surface area contributed by atoms with E-state index in [2.05, 4.69) is 5.32 Å². The van der Waals surface area contributed by atoms with Gasteiger partial charge in [-0.2, -0.15) is 0 Å². The largest absolute Gasteiger partial charge is 0.328 e. The Hall–Kier alpha value is -1.84. The van der Waals surface area contributed by atoms with Crippen LogP contribution >= 0.6 is 0 Å². The van der Waals surface area contributed by atoms with Crippen molar-refractivity contribution in [3.05, 3.63) is 30.3 Å². The number of nitrogens with one attached hydrogen (secondary N) is 1. The molecule has 0 radical (unpaired) electrons. The molecule has 1 unspecified atom stereocenters. The lowest BCUT2D eigenvalue weighted by atomic mass is 9.79. The number of hydrogen-bond acceptors (Lipinski definition) is 2. The van der Waals surface area contributed by atoms with Gasteiger partial charge in [-0.3, -0.25) is 15.0 Å². The van der Waals surface area contributed by atoms with E-state index in [-0.39, 0.29) is 23.3 Å². The topological polar surface area (TPSA) is 49.4 Å². The van der Waals surface area contributed by atoms with E-state index >= 15 is 0 Å². The number of carbonyl (C=O) groups excluding carboxylic acids is 2. The van der Waals surface area contributed by atoms with Gasteiger partial charge >= 0.3 is 6.03 Å². The number of anilines is 1. The number of imide groups is 1. The average Bonchev–Trinajstić information content (AvgIpc) is 2.42. The summed E-state index contributed by atoms with van der Waals surface area (Å²) in [6.45, 7) is 6.39. The molecule has 0 saturated carbocycles. The highest BCUT2D eigenvalue weighted by Gasteiger charge is 2.39. The van der Waals surface area contributed by atoms with Crippen LogP contribution in [0.1, 0.15) is 20.8 Å². The molecule has 3 amide bonds. The molecular weight excluding hydrogens is 228 g/mol. The summed E-state index contributed by atoms with van der Waals surface area (Å²) < 4.78 is 0. The molecule has 0 bridgehead atoms. The van der Waals surface area contributed by atoms with Crippen molar-refractivity contribution >= 4 is 17.6 Å². The second-order valence-electron chi connectivity index (χ2n) is 5.43. The highest BCUT2D eigenvalue weighted by molar-refractivity contribution is 6.04. The first-order valence-corrected chi connectivity index (χ1v) is 6.09. The maximum atomic E-state index is 12.1.